The Balaban J connectivity index is 1.83. The van der Waals surface area contributed by atoms with Crippen LogP contribution in [0.25, 0.3) is 21.8 Å². The molecule has 2 aromatic heterocycles. The van der Waals surface area contributed by atoms with Crippen LogP contribution in [0.3, 0.4) is 0 Å². The van der Waals surface area contributed by atoms with Crippen LogP contribution in [0.5, 0.6) is 0 Å². The fraction of sp³-hybridized carbons (Fsp3) is 0. The minimum Gasteiger partial charge on any atom is -0.350 e. The lowest BCUT2D eigenvalue weighted by atomic mass is 10.2. The molecule has 0 spiro atoms. The molecule has 0 unspecified atom stereocenters. The topological polar surface area (TPSA) is 94.8 Å². The second kappa shape index (κ2) is 5.45. The Hall–Kier alpha value is -3.13. The molecule has 4 rings (SSSR count). The van der Waals surface area contributed by atoms with Gasteiger partial charge in [-0.3, -0.25) is 9.52 Å². The van der Waals surface area contributed by atoms with Crippen molar-refractivity contribution in [3.63, 3.8) is 0 Å². The van der Waals surface area contributed by atoms with Gasteiger partial charge in [0.15, 0.2) is 0 Å². The van der Waals surface area contributed by atoms with Crippen molar-refractivity contribution in [3.05, 3.63) is 70.9 Å². The van der Waals surface area contributed by atoms with Gasteiger partial charge in [-0.25, -0.2) is 12.8 Å². The van der Waals surface area contributed by atoms with Gasteiger partial charge in [0.05, 0.1) is 4.90 Å². The molecular formula is C17H12FN3O3S. The zero-order valence-electron chi connectivity index (χ0n) is 12.7. The summed E-state index contributed by atoms with van der Waals surface area (Å²) in [6.07, 6.45) is 1.51. The van der Waals surface area contributed by atoms with Gasteiger partial charge in [0.25, 0.3) is 15.6 Å². The molecule has 0 aliphatic rings. The normalized spacial score (nSPS) is 11.9. The van der Waals surface area contributed by atoms with E-state index in [0.29, 0.717) is 21.8 Å². The van der Waals surface area contributed by atoms with Crippen molar-refractivity contribution in [2.45, 2.75) is 4.90 Å². The van der Waals surface area contributed by atoms with E-state index < -0.39 is 15.8 Å². The van der Waals surface area contributed by atoms with Crippen LogP contribution in [-0.4, -0.2) is 18.4 Å². The molecule has 8 heteroatoms. The van der Waals surface area contributed by atoms with Crippen molar-refractivity contribution in [1.29, 1.82) is 0 Å². The number of anilines is 1. The number of benzene rings is 2. The average Bonchev–Trinajstić information content (AvgIpc) is 2.96. The van der Waals surface area contributed by atoms with Crippen LogP contribution < -0.4 is 10.3 Å². The summed E-state index contributed by atoms with van der Waals surface area (Å²) in [4.78, 5) is 17.4. The minimum absolute atomic E-state index is 0.0468. The van der Waals surface area contributed by atoms with Crippen LogP contribution in [0.2, 0.25) is 0 Å². The fourth-order valence-electron chi connectivity index (χ4n) is 2.72. The number of halogens is 1. The monoisotopic (exact) mass is 357 g/mol. The van der Waals surface area contributed by atoms with E-state index in [0.717, 1.165) is 0 Å². The van der Waals surface area contributed by atoms with E-state index in [4.69, 9.17) is 0 Å². The number of rotatable bonds is 3. The highest BCUT2D eigenvalue weighted by atomic mass is 32.2. The summed E-state index contributed by atoms with van der Waals surface area (Å²) < 4.78 is 40.5. The molecule has 0 atom stereocenters. The molecule has 0 saturated carbocycles. The van der Waals surface area contributed by atoms with Gasteiger partial charge in [0.1, 0.15) is 11.3 Å². The number of pyridine rings is 1. The Morgan fingerprint density at radius 2 is 1.72 bits per heavy atom. The molecule has 0 saturated heterocycles. The Morgan fingerprint density at radius 1 is 0.960 bits per heavy atom. The summed E-state index contributed by atoms with van der Waals surface area (Å²) in [5.41, 5.74) is 1.03. The van der Waals surface area contributed by atoms with Crippen molar-refractivity contribution in [3.8, 4) is 0 Å². The lowest BCUT2D eigenvalue weighted by molar-refractivity contribution is 0.601. The number of hydrogen-bond acceptors (Lipinski definition) is 3. The van der Waals surface area contributed by atoms with Gasteiger partial charge < -0.3 is 9.97 Å². The average molecular weight is 357 g/mol. The number of nitrogens with one attached hydrogen (secondary N) is 3. The summed E-state index contributed by atoms with van der Waals surface area (Å²) in [7, 11) is -3.85. The van der Waals surface area contributed by atoms with Crippen molar-refractivity contribution in [2.24, 2.45) is 0 Å². The van der Waals surface area contributed by atoms with Crippen LogP contribution in [0.4, 0.5) is 10.1 Å². The first-order valence-corrected chi connectivity index (χ1v) is 8.84. The SMILES string of the molecule is O=c1[nH]ccc2c1[nH]c1ccc(S(=O)(=O)Nc3ccc(F)cc3)cc12. The van der Waals surface area contributed by atoms with Gasteiger partial charge in [-0.2, -0.15) is 0 Å². The lowest BCUT2D eigenvalue weighted by Gasteiger charge is -2.08. The van der Waals surface area contributed by atoms with Crippen molar-refractivity contribution in [1.82, 2.24) is 9.97 Å². The van der Waals surface area contributed by atoms with Gasteiger partial charge >= 0.3 is 0 Å². The van der Waals surface area contributed by atoms with Crippen molar-refractivity contribution < 1.29 is 12.8 Å². The van der Waals surface area contributed by atoms with E-state index in [-0.39, 0.29) is 16.1 Å². The molecule has 4 aromatic rings. The first kappa shape index (κ1) is 15.4. The molecule has 6 nitrogen and oxygen atoms in total. The molecule has 0 radical (unpaired) electrons. The maximum Gasteiger partial charge on any atom is 0.272 e. The highest BCUT2D eigenvalue weighted by molar-refractivity contribution is 7.92. The maximum atomic E-state index is 13.0. The molecule has 0 fully saturated rings. The third kappa shape index (κ3) is 2.66. The summed E-state index contributed by atoms with van der Waals surface area (Å²) in [5.74, 6) is -0.451. The van der Waals surface area contributed by atoms with E-state index >= 15 is 0 Å². The summed E-state index contributed by atoms with van der Waals surface area (Å²) in [6, 6.07) is 11.3. The maximum absolute atomic E-state index is 13.0. The molecule has 3 N–H and O–H groups in total. The smallest absolute Gasteiger partial charge is 0.272 e. The van der Waals surface area contributed by atoms with Crippen LogP contribution in [-0.2, 0) is 10.0 Å². The Labute approximate surface area is 141 Å². The third-order valence-corrected chi connectivity index (χ3v) is 5.29. The predicted molar refractivity (Wildman–Crippen MR) is 93.6 cm³/mol. The zero-order chi connectivity index (χ0) is 17.6. The predicted octanol–water partition coefficient (Wildman–Crippen LogP) is 2.95. The van der Waals surface area contributed by atoms with Gasteiger partial charge in [-0.15, -0.1) is 0 Å². The van der Waals surface area contributed by atoms with Gasteiger partial charge in [0, 0.05) is 28.2 Å². The molecule has 0 aliphatic carbocycles. The second-order valence-electron chi connectivity index (χ2n) is 5.54. The highest BCUT2D eigenvalue weighted by Crippen LogP contribution is 2.26. The van der Waals surface area contributed by atoms with E-state index in [9.17, 15) is 17.6 Å². The first-order chi connectivity index (χ1) is 11.9. The van der Waals surface area contributed by atoms with Crippen molar-refractivity contribution in [2.75, 3.05) is 4.72 Å². The molecular weight excluding hydrogens is 345 g/mol. The van der Waals surface area contributed by atoms with Crippen LogP contribution in [0, 0.1) is 5.82 Å². The number of H-pyrrole nitrogens is 2. The molecule has 25 heavy (non-hydrogen) atoms. The van der Waals surface area contributed by atoms with Gasteiger partial charge in [-0.1, -0.05) is 0 Å². The number of aromatic amines is 2. The Kier molecular flexibility index (Phi) is 3.36. The molecule has 2 heterocycles. The molecule has 2 aromatic carbocycles. The molecule has 0 bridgehead atoms. The van der Waals surface area contributed by atoms with E-state index in [1.165, 1.54) is 42.6 Å². The number of fused-ring (bicyclic) bond motifs is 3. The lowest BCUT2D eigenvalue weighted by Crippen LogP contribution is -2.12. The van der Waals surface area contributed by atoms with E-state index in [1.54, 1.807) is 12.1 Å². The molecule has 0 aliphatic heterocycles. The minimum atomic E-state index is -3.85. The summed E-state index contributed by atoms with van der Waals surface area (Å²) in [5, 5.41) is 1.26. The molecule has 126 valence electrons. The Morgan fingerprint density at radius 3 is 2.48 bits per heavy atom. The summed E-state index contributed by atoms with van der Waals surface area (Å²) in [6.45, 7) is 0. The van der Waals surface area contributed by atoms with Crippen LogP contribution in [0.1, 0.15) is 0 Å². The number of aromatic nitrogens is 2. The fourth-order valence-corrected chi connectivity index (χ4v) is 3.80. The Bertz CT molecular complexity index is 1260. The van der Waals surface area contributed by atoms with Crippen LogP contribution >= 0.6 is 0 Å². The standard InChI is InChI=1S/C17H12FN3O3S/c18-10-1-3-11(4-2-10)21-25(23,24)12-5-6-15-14(9-12)13-7-8-19-17(22)16(13)20-15/h1-9,20-21H,(H,19,22). The van der Waals surface area contributed by atoms with E-state index in [1.807, 2.05) is 0 Å². The zero-order valence-corrected chi connectivity index (χ0v) is 13.5. The van der Waals surface area contributed by atoms with Crippen LogP contribution in [0.15, 0.2) is 64.4 Å². The molecule has 0 amide bonds. The van der Waals surface area contributed by atoms with Crippen molar-refractivity contribution >= 4 is 37.5 Å². The van der Waals surface area contributed by atoms with Gasteiger partial charge in [-0.05, 0) is 48.5 Å². The van der Waals surface area contributed by atoms with Gasteiger partial charge in [0.2, 0.25) is 0 Å². The summed E-state index contributed by atoms with van der Waals surface area (Å²) >= 11 is 0. The second-order valence-corrected chi connectivity index (χ2v) is 7.22. The quantitative estimate of drug-likeness (QED) is 0.526. The number of hydrogen-bond donors (Lipinski definition) is 3. The third-order valence-electron chi connectivity index (χ3n) is 3.91. The number of sulfonamides is 1. The largest absolute Gasteiger partial charge is 0.350 e. The highest BCUT2D eigenvalue weighted by Gasteiger charge is 2.16. The first-order valence-electron chi connectivity index (χ1n) is 7.35. The van der Waals surface area contributed by atoms with E-state index in [2.05, 4.69) is 14.7 Å².